The van der Waals surface area contributed by atoms with E-state index in [2.05, 4.69) is 5.32 Å². The Hall–Kier alpha value is -3.64. The molecule has 0 saturated carbocycles. The Morgan fingerprint density at radius 2 is 1.75 bits per heavy atom. The number of benzene rings is 3. The third-order valence-corrected chi connectivity index (χ3v) is 5.20. The number of carbonyl (C=O) groups excluding carboxylic acids is 2. The van der Waals surface area contributed by atoms with Gasteiger partial charge in [-0.25, -0.2) is 4.39 Å². The molecule has 1 heterocycles. The molecule has 0 radical (unpaired) electrons. The molecule has 3 aromatic rings. The van der Waals surface area contributed by atoms with E-state index in [9.17, 15) is 14.0 Å². The molecule has 1 aliphatic heterocycles. The highest BCUT2D eigenvalue weighted by molar-refractivity contribution is 6.30. The summed E-state index contributed by atoms with van der Waals surface area (Å²) in [6.07, 6.45) is 2.18. The highest BCUT2D eigenvalue weighted by Gasteiger charge is 2.31. The molecule has 5 nitrogen and oxygen atoms in total. The quantitative estimate of drug-likeness (QED) is 0.558. The molecule has 0 bridgehead atoms. The van der Waals surface area contributed by atoms with Crippen LogP contribution in [0.15, 0.2) is 78.6 Å². The third-order valence-electron chi connectivity index (χ3n) is 4.95. The van der Waals surface area contributed by atoms with E-state index in [0.29, 0.717) is 35.0 Å². The topological polar surface area (TPSA) is 58.6 Å². The lowest BCUT2D eigenvalue weighted by molar-refractivity contribution is -0.123. The van der Waals surface area contributed by atoms with Crippen molar-refractivity contribution < 1.29 is 18.7 Å². The lowest BCUT2D eigenvalue weighted by atomic mass is 10.1. The lowest BCUT2D eigenvalue weighted by Gasteiger charge is -2.30. The normalized spacial score (nSPS) is 14.1. The first-order valence-electron chi connectivity index (χ1n) is 10.1. The first kappa shape index (κ1) is 21.6. The van der Waals surface area contributed by atoms with Crippen molar-refractivity contribution in [3.05, 3.63) is 101 Å². The molecule has 2 amide bonds. The monoisotopic (exact) mass is 450 g/mol. The van der Waals surface area contributed by atoms with Gasteiger partial charge in [-0.05, 0) is 60.0 Å². The third kappa shape index (κ3) is 5.15. The molecule has 162 valence electrons. The van der Waals surface area contributed by atoms with E-state index in [0.717, 1.165) is 5.56 Å². The molecule has 1 N–H and O–H groups in total. The molecule has 32 heavy (non-hydrogen) atoms. The zero-order valence-electron chi connectivity index (χ0n) is 17.1. The van der Waals surface area contributed by atoms with E-state index < -0.39 is 5.91 Å². The summed E-state index contributed by atoms with van der Waals surface area (Å²) in [5, 5.41) is 3.51. The maximum Gasteiger partial charge on any atom is 0.294 e. The van der Waals surface area contributed by atoms with E-state index in [4.69, 9.17) is 16.3 Å². The Morgan fingerprint density at radius 3 is 2.50 bits per heavy atom. The summed E-state index contributed by atoms with van der Waals surface area (Å²) in [6.45, 7) is 0.277. The number of nitrogens with one attached hydrogen (secondary N) is 1. The lowest BCUT2D eigenvalue weighted by Crippen LogP contribution is -2.44. The predicted octanol–water partition coefficient (Wildman–Crippen LogP) is 4.60. The van der Waals surface area contributed by atoms with E-state index in [1.807, 2.05) is 12.1 Å². The summed E-state index contributed by atoms with van der Waals surface area (Å²) in [5.74, 6) is -0.574. The molecule has 0 unspecified atom stereocenters. The molecule has 0 atom stereocenters. The van der Waals surface area contributed by atoms with Crippen molar-refractivity contribution in [1.29, 1.82) is 0 Å². The van der Waals surface area contributed by atoms with Crippen LogP contribution in [0.5, 0.6) is 5.75 Å². The highest BCUT2D eigenvalue weighted by atomic mass is 35.5. The van der Waals surface area contributed by atoms with Gasteiger partial charge in [-0.15, -0.1) is 0 Å². The van der Waals surface area contributed by atoms with Crippen LogP contribution in [0.2, 0.25) is 5.02 Å². The van der Waals surface area contributed by atoms with Crippen molar-refractivity contribution >= 4 is 35.2 Å². The number of nitrogens with zero attached hydrogens (tertiary/aromatic N) is 1. The molecule has 0 fully saturated rings. The molecule has 7 heteroatoms. The van der Waals surface area contributed by atoms with Crippen molar-refractivity contribution in [3.8, 4) is 5.75 Å². The number of amides is 2. The number of carbonyl (C=O) groups is 2. The molecule has 3 aromatic carbocycles. The largest absolute Gasteiger partial charge is 0.449 e. The van der Waals surface area contributed by atoms with Crippen LogP contribution in [0.1, 0.15) is 11.1 Å². The van der Waals surface area contributed by atoms with Crippen LogP contribution in [-0.4, -0.2) is 24.9 Å². The van der Waals surface area contributed by atoms with Gasteiger partial charge in [-0.2, -0.15) is 0 Å². The van der Waals surface area contributed by atoms with Gasteiger partial charge < -0.3 is 10.1 Å². The summed E-state index contributed by atoms with van der Waals surface area (Å²) in [7, 11) is 0. The number of anilines is 1. The minimum atomic E-state index is -0.444. The smallest absolute Gasteiger partial charge is 0.294 e. The second kappa shape index (κ2) is 9.66. The number of ether oxygens (including phenoxy) is 1. The summed E-state index contributed by atoms with van der Waals surface area (Å²) in [5.41, 5.74) is 2.18. The predicted molar refractivity (Wildman–Crippen MR) is 122 cm³/mol. The van der Waals surface area contributed by atoms with Crippen LogP contribution in [0.3, 0.4) is 0 Å². The average Bonchev–Trinajstić information content (AvgIpc) is 2.79. The van der Waals surface area contributed by atoms with Gasteiger partial charge in [0.25, 0.3) is 5.91 Å². The number of fused-ring (bicyclic) bond motifs is 1. The number of hydrogen-bond donors (Lipinski definition) is 1. The Balaban J connectivity index is 1.47. The van der Waals surface area contributed by atoms with E-state index in [1.165, 1.54) is 23.1 Å². The summed E-state index contributed by atoms with van der Waals surface area (Å²) in [6, 6.07) is 20.1. The van der Waals surface area contributed by atoms with Crippen molar-refractivity contribution in [2.24, 2.45) is 0 Å². The maximum atomic E-state index is 13.2. The van der Waals surface area contributed by atoms with Crippen LogP contribution in [0, 0.1) is 5.82 Å². The molecular weight excluding hydrogens is 431 g/mol. The molecule has 1 aliphatic rings. The maximum absolute atomic E-state index is 13.2. The van der Waals surface area contributed by atoms with Crippen molar-refractivity contribution in [3.63, 3.8) is 0 Å². The molecule has 0 spiro atoms. The number of hydrogen-bond acceptors (Lipinski definition) is 3. The fourth-order valence-electron chi connectivity index (χ4n) is 3.33. The molecule has 4 rings (SSSR count). The Labute approximate surface area is 190 Å². The molecular formula is C25H20ClFN2O3. The Bertz CT molecular complexity index is 1160. The molecule has 0 saturated heterocycles. The summed E-state index contributed by atoms with van der Waals surface area (Å²) < 4.78 is 19.0. The molecule has 0 aromatic heterocycles. The van der Waals surface area contributed by atoms with Crippen molar-refractivity contribution in [2.45, 2.75) is 6.42 Å². The average molecular weight is 451 g/mol. The van der Waals surface area contributed by atoms with Gasteiger partial charge in [0.1, 0.15) is 12.4 Å². The van der Waals surface area contributed by atoms with Crippen LogP contribution < -0.4 is 15.0 Å². The van der Waals surface area contributed by atoms with E-state index in [-0.39, 0.29) is 24.0 Å². The SMILES string of the molecule is O=C(CN1C(=O)C(=Cc2ccc(F)cc2)Oc2ccccc21)NCCc1ccc(Cl)cc1. The minimum Gasteiger partial charge on any atom is -0.449 e. The van der Waals surface area contributed by atoms with Crippen molar-refractivity contribution in [2.75, 3.05) is 18.0 Å². The van der Waals surface area contributed by atoms with Crippen LogP contribution >= 0.6 is 11.6 Å². The van der Waals surface area contributed by atoms with Gasteiger partial charge in [0.05, 0.1) is 5.69 Å². The van der Waals surface area contributed by atoms with Crippen molar-refractivity contribution in [1.82, 2.24) is 5.32 Å². The second-order valence-electron chi connectivity index (χ2n) is 7.25. The van der Waals surface area contributed by atoms with Gasteiger partial charge in [-0.3, -0.25) is 14.5 Å². The number of halogens is 2. The first-order valence-corrected chi connectivity index (χ1v) is 10.4. The van der Waals surface area contributed by atoms with E-state index >= 15 is 0 Å². The fraction of sp³-hybridized carbons (Fsp3) is 0.120. The van der Waals surface area contributed by atoms with E-state index in [1.54, 1.807) is 48.5 Å². The minimum absolute atomic E-state index is 0.0595. The zero-order chi connectivity index (χ0) is 22.5. The summed E-state index contributed by atoms with van der Waals surface area (Å²) >= 11 is 5.89. The zero-order valence-corrected chi connectivity index (χ0v) is 17.8. The number of rotatable bonds is 6. The van der Waals surface area contributed by atoms with Gasteiger partial charge in [0.15, 0.2) is 11.5 Å². The second-order valence-corrected chi connectivity index (χ2v) is 7.68. The first-order chi connectivity index (χ1) is 15.5. The molecule has 0 aliphatic carbocycles. The summed E-state index contributed by atoms with van der Waals surface area (Å²) in [4.78, 5) is 27.1. The van der Waals surface area contributed by atoms with Gasteiger partial charge in [0.2, 0.25) is 5.91 Å². The van der Waals surface area contributed by atoms with Crippen LogP contribution in [0.4, 0.5) is 10.1 Å². The van der Waals surface area contributed by atoms with Gasteiger partial charge in [-0.1, -0.05) is 48.0 Å². The fourth-order valence-corrected chi connectivity index (χ4v) is 3.45. The van der Waals surface area contributed by atoms with Crippen LogP contribution in [-0.2, 0) is 16.0 Å². The standard InChI is InChI=1S/C25H20ClFN2O3/c26-19-9-5-17(6-10-19)13-14-28-24(30)16-29-21-3-1-2-4-22(21)32-23(25(29)31)15-18-7-11-20(27)12-8-18/h1-12,15H,13-14,16H2,(H,28,30). The number of para-hydroxylation sites is 2. The highest BCUT2D eigenvalue weighted by Crippen LogP contribution is 2.35. The van der Waals surface area contributed by atoms with Gasteiger partial charge in [0, 0.05) is 11.6 Å². The van der Waals surface area contributed by atoms with Gasteiger partial charge >= 0.3 is 0 Å². The Kier molecular flexibility index (Phi) is 6.52. The van der Waals surface area contributed by atoms with Crippen LogP contribution in [0.25, 0.3) is 6.08 Å². The Morgan fingerprint density at radius 1 is 1.03 bits per heavy atom.